The number of rotatable bonds is 0. The van der Waals surface area contributed by atoms with Gasteiger partial charge in [0.05, 0.1) is 0 Å². The highest BCUT2D eigenvalue weighted by molar-refractivity contribution is 4.88. The van der Waals surface area contributed by atoms with Crippen LogP contribution in [0.15, 0.2) is 51.3 Å². The van der Waals surface area contributed by atoms with Crippen LogP contribution in [-0.4, -0.2) is 11.7 Å². The first-order valence-electron chi connectivity index (χ1n) is 3.08. The molecule has 0 aliphatic carbocycles. The SMILES string of the molecule is C1N=NN=N1.c1ccncc1. The third-order valence-corrected chi connectivity index (χ3v) is 0.859. The summed E-state index contributed by atoms with van der Waals surface area (Å²) in [5.41, 5.74) is 0. The molecule has 0 radical (unpaired) electrons. The molecule has 2 heterocycles. The van der Waals surface area contributed by atoms with Gasteiger partial charge in [0.2, 0.25) is 0 Å². The summed E-state index contributed by atoms with van der Waals surface area (Å²) < 4.78 is 0. The molecule has 0 unspecified atom stereocenters. The fourth-order valence-corrected chi connectivity index (χ4v) is 0.454. The maximum absolute atomic E-state index is 3.78. The molecule has 56 valence electrons. The van der Waals surface area contributed by atoms with Gasteiger partial charge in [-0.1, -0.05) is 6.07 Å². The molecular weight excluding hydrogens is 142 g/mol. The van der Waals surface area contributed by atoms with Gasteiger partial charge in [-0.25, -0.2) is 0 Å². The van der Waals surface area contributed by atoms with E-state index >= 15 is 0 Å². The van der Waals surface area contributed by atoms with Crippen molar-refractivity contribution in [3.63, 3.8) is 0 Å². The molecule has 0 atom stereocenters. The largest absolute Gasteiger partial charge is 0.265 e. The summed E-state index contributed by atoms with van der Waals surface area (Å²) in [6.45, 7) is 0.417. The maximum Gasteiger partial charge on any atom is 0.175 e. The average molecular weight is 149 g/mol. The van der Waals surface area contributed by atoms with Crippen molar-refractivity contribution >= 4 is 0 Å². The van der Waals surface area contributed by atoms with E-state index in [0.29, 0.717) is 6.67 Å². The van der Waals surface area contributed by atoms with Crippen LogP contribution in [0, 0.1) is 0 Å². The van der Waals surface area contributed by atoms with E-state index in [0.717, 1.165) is 0 Å². The topological polar surface area (TPSA) is 62.3 Å². The quantitative estimate of drug-likeness (QED) is 0.555. The van der Waals surface area contributed by atoms with Gasteiger partial charge in [-0.05, 0) is 22.6 Å². The second-order valence-electron chi connectivity index (χ2n) is 1.63. The van der Waals surface area contributed by atoms with Crippen LogP contribution in [0.1, 0.15) is 0 Å². The number of hydrogen-bond acceptors (Lipinski definition) is 5. The minimum atomic E-state index is 0.417. The van der Waals surface area contributed by atoms with E-state index in [1.807, 2.05) is 18.2 Å². The molecule has 0 aromatic carbocycles. The lowest BCUT2D eigenvalue weighted by Crippen LogP contribution is -1.58. The molecule has 0 fully saturated rings. The van der Waals surface area contributed by atoms with Crippen LogP contribution in [-0.2, 0) is 0 Å². The van der Waals surface area contributed by atoms with Gasteiger partial charge < -0.3 is 0 Å². The Hall–Kier alpha value is -1.65. The zero-order valence-corrected chi connectivity index (χ0v) is 5.83. The number of nitrogens with zero attached hydrogens (tertiary/aromatic N) is 5. The van der Waals surface area contributed by atoms with Crippen LogP contribution in [0.2, 0.25) is 0 Å². The van der Waals surface area contributed by atoms with Crippen molar-refractivity contribution in [1.29, 1.82) is 0 Å². The molecule has 0 bridgehead atoms. The molecule has 1 aliphatic rings. The average Bonchev–Trinajstić information content (AvgIpc) is 2.64. The monoisotopic (exact) mass is 149 g/mol. The standard InChI is InChI=1S/C5H5N.CH2N4/c1-2-4-6-5-3-1;1-2-4-5-3-1/h1-5H;1H2. The molecule has 11 heavy (non-hydrogen) atoms. The predicted octanol–water partition coefficient (Wildman–Crippen LogP) is 1.86. The van der Waals surface area contributed by atoms with Crippen molar-refractivity contribution < 1.29 is 0 Å². The second-order valence-corrected chi connectivity index (χ2v) is 1.63. The molecule has 0 spiro atoms. The third-order valence-electron chi connectivity index (χ3n) is 0.859. The van der Waals surface area contributed by atoms with Crippen molar-refractivity contribution in [2.24, 2.45) is 20.7 Å². The fraction of sp³-hybridized carbons (Fsp3) is 0.167. The second kappa shape index (κ2) is 5.16. The molecule has 1 aromatic rings. The molecule has 1 aromatic heterocycles. The van der Waals surface area contributed by atoms with Gasteiger partial charge in [-0.2, -0.15) is 0 Å². The van der Waals surface area contributed by atoms with Crippen LogP contribution in [0.5, 0.6) is 0 Å². The first-order valence-corrected chi connectivity index (χ1v) is 3.08. The summed E-state index contributed by atoms with van der Waals surface area (Å²) >= 11 is 0. The maximum atomic E-state index is 3.78. The van der Waals surface area contributed by atoms with E-state index in [2.05, 4.69) is 25.7 Å². The Labute approximate surface area is 63.9 Å². The zero-order chi connectivity index (χ0) is 7.78. The van der Waals surface area contributed by atoms with Crippen LogP contribution < -0.4 is 0 Å². The lowest BCUT2D eigenvalue weighted by Gasteiger charge is -1.70. The Kier molecular flexibility index (Phi) is 3.50. The van der Waals surface area contributed by atoms with Gasteiger partial charge in [0.1, 0.15) is 0 Å². The van der Waals surface area contributed by atoms with E-state index in [1.165, 1.54) is 0 Å². The molecule has 0 saturated carbocycles. The molecule has 5 heteroatoms. The van der Waals surface area contributed by atoms with Gasteiger partial charge in [-0.15, -0.1) is 10.2 Å². The molecule has 2 rings (SSSR count). The molecule has 0 saturated heterocycles. The van der Waals surface area contributed by atoms with E-state index in [1.54, 1.807) is 12.4 Å². The van der Waals surface area contributed by atoms with Crippen molar-refractivity contribution in [1.82, 2.24) is 4.98 Å². The summed E-state index contributed by atoms with van der Waals surface area (Å²) in [7, 11) is 0. The van der Waals surface area contributed by atoms with Gasteiger partial charge >= 0.3 is 0 Å². The van der Waals surface area contributed by atoms with Gasteiger partial charge in [0, 0.05) is 12.4 Å². The number of pyridine rings is 1. The van der Waals surface area contributed by atoms with Crippen molar-refractivity contribution in [2.75, 3.05) is 6.67 Å². The molecule has 5 nitrogen and oxygen atoms in total. The lowest BCUT2D eigenvalue weighted by molar-refractivity contribution is 1.05. The Morgan fingerprint density at radius 2 is 1.45 bits per heavy atom. The normalized spacial score (nSPS) is 12.4. The summed E-state index contributed by atoms with van der Waals surface area (Å²) in [5, 5.41) is 13.1. The van der Waals surface area contributed by atoms with E-state index < -0.39 is 0 Å². The highest BCUT2D eigenvalue weighted by Crippen LogP contribution is 1.87. The van der Waals surface area contributed by atoms with Gasteiger partial charge in [-0.3, -0.25) is 4.98 Å². The minimum Gasteiger partial charge on any atom is -0.265 e. The Morgan fingerprint density at radius 1 is 0.818 bits per heavy atom. The molecule has 1 aliphatic heterocycles. The fourth-order valence-electron chi connectivity index (χ4n) is 0.454. The van der Waals surface area contributed by atoms with Crippen LogP contribution in [0.3, 0.4) is 0 Å². The van der Waals surface area contributed by atoms with Crippen molar-refractivity contribution in [3.05, 3.63) is 30.6 Å². The van der Waals surface area contributed by atoms with Crippen LogP contribution in [0.25, 0.3) is 0 Å². The third kappa shape index (κ3) is 3.85. The van der Waals surface area contributed by atoms with Crippen LogP contribution >= 0.6 is 0 Å². The summed E-state index contributed by atoms with van der Waals surface area (Å²) in [5.74, 6) is 0. The smallest absolute Gasteiger partial charge is 0.175 e. The molecule has 0 N–H and O–H groups in total. The summed E-state index contributed by atoms with van der Waals surface area (Å²) in [6, 6.07) is 5.72. The summed E-state index contributed by atoms with van der Waals surface area (Å²) in [4.78, 5) is 3.78. The Balaban J connectivity index is 0.000000112. The molecule has 0 amide bonds. The first-order chi connectivity index (χ1) is 5.50. The van der Waals surface area contributed by atoms with Gasteiger partial charge in [0.25, 0.3) is 0 Å². The lowest BCUT2D eigenvalue weighted by atomic mass is 10.5. The molecular formula is C6H7N5. The van der Waals surface area contributed by atoms with Crippen molar-refractivity contribution in [2.45, 2.75) is 0 Å². The Bertz CT molecular complexity index is 193. The summed E-state index contributed by atoms with van der Waals surface area (Å²) in [6.07, 6.45) is 3.50. The number of hydrogen-bond donors (Lipinski definition) is 0. The zero-order valence-electron chi connectivity index (χ0n) is 5.83. The predicted molar refractivity (Wildman–Crippen MR) is 38.8 cm³/mol. The number of aromatic nitrogens is 1. The van der Waals surface area contributed by atoms with E-state index in [-0.39, 0.29) is 0 Å². The first kappa shape index (κ1) is 7.46. The Morgan fingerprint density at radius 3 is 1.64 bits per heavy atom. The highest BCUT2D eigenvalue weighted by atomic mass is 15.5. The van der Waals surface area contributed by atoms with E-state index in [9.17, 15) is 0 Å². The van der Waals surface area contributed by atoms with Gasteiger partial charge in [0.15, 0.2) is 6.67 Å². The highest BCUT2D eigenvalue weighted by Gasteiger charge is 1.76. The van der Waals surface area contributed by atoms with Crippen molar-refractivity contribution in [3.8, 4) is 0 Å². The van der Waals surface area contributed by atoms with Crippen LogP contribution in [0.4, 0.5) is 0 Å². The van der Waals surface area contributed by atoms with E-state index in [4.69, 9.17) is 0 Å². The minimum absolute atomic E-state index is 0.417.